The third-order valence-electron chi connectivity index (χ3n) is 3.63. The summed E-state index contributed by atoms with van der Waals surface area (Å²) in [4.78, 5) is 39.2. The molecule has 1 atom stereocenters. The van der Waals surface area contributed by atoms with E-state index in [1.165, 1.54) is 18.6 Å². The Kier molecular flexibility index (Phi) is 4.98. The van der Waals surface area contributed by atoms with Crippen molar-refractivity contribution in [1.29, 1.82) is 0 Å². The molecule has 3 N–H and O–H groups in total. The molecule has 1 aromatic carbocycles. The highest BCUT2D eigenvalue weighted by molar-refractivity contribution is 5.92. The van der Waals surface area contributed by atoms with Crippen LogP contribution < -0.4 is 10.6 Å². The molecule has 0 radical (unpaired) electrons. The van der Waals surface area contributed by atoms with Gasteiger partial charge < -0.3 is 15.6 Å². The summed E-state index contributed by atoms with van der Waals surface area (Å²) >= 11 is 0. The predicted molar refractivity (Wildman–Crippen MR) is 91.6 cm³/mol. The lowest BCUT2D eigenvalue weighted by Crippen LogP contribution is -2.32. The number of benzene rings is 1. The largest absolute Gasteiger partial charge is 0.350 e. The normalized spacial score (nSPS) is 11.9. The fourth-order valence-electron chi connectivity index (χ4n) is 2.36. The van der Waals surface area contributed by atoms with E-state index in [2.05, 4.69) is 30.6 Å². The van der Waals surface area contributed by atoms with Gasteiger partial charge in [0.15, 0.2) is 0 Å². The van der Waals surface area contributed by atoms with E-state index in [1.807, 2.05) is 31.2 Å². The Labute approximate surface area is 144 Å². The number of carbonyl (C=O) groups is 2. The second-order valence-electron chi connectivity index (χ2n) is 5.52. The molecule has 2 aromatic heterocycles. The van der Waals surface area contributed by atoms with Gasteiger partial charge in [0.25, 0.3) is 5.91 Å². The van der Waals surface area contributed by atoms with Crippen LogP contribution in [0.4, 0.5) is 0 Å². The number of hydrogen-bond acceptors (Lipinski definition) is 5. The van der Waals surface area contributed by atoms with Crippen LogP contribution in [0.15, 0.2) is 42.9 Å². The molecule has 3 aromatic rings. The van der Waals surface area contributed by atoms with Gasteiger partial charge in [-0.25, -0.2) is 9.97 Å². The van der Waals surface area contributed by atoms with Crippen molar-refractivity contribution in [3.63, 3.8) is 0 Å². The van der Waals surface area contributed by atoms with Crippen LogP contribution in [0.1, 0.15) is 35.7 Å². The maximum absolute atomic E-state index is 12.0. The molecular weight excluding hydrogens is 320 g/mol. The summed E-state index contributed by atoms with van der Waals surface area (Å²) in [5.74, 6) is 0.164. The number of nitrogens with one attached hydrogen (secondary N) is 3. The fraction of sp³-hybridized carbons (Fsp3) is 0.235. The minimum atomic E-state index is -0.355. The lowest BCUT2D eigenvalue weighted by atomic mass is 10.3. The molecule has 2 amide bonds. The van der Waals surface area contributed by atoms with E-state index in [1.54, 1.807) is 0 Å². The molecule has 25 heavy (non-hydrogen) atoms. The molecule has 0 spiro atoms. The third-order valence-corrected chi connectivity index (χ3v) is 3.63. The molecule has 0 fully saturated rings. The van der Waals surface area contributed by atoms with Crippen LogP contribution in [0.2, 0.25) is 0 Å². The third kappa shape index (κ3) is 4.17. The number of rotatable bonds is 6. The van der Waals surface area contributed by atoms with Crippen molar-refractivity contribution in [3.8, 4) is 0 Å². The highest BCUT2D eigenvalue weighted by atomic mass is 16.2. The van der Waals surface area contributed by atoms with Crippen molar-refractivity contribution in [3.05, 3.63) is 54.4 Å². The number of fused-ring (bicyclic) bond motifs is 1. The van der Waals surface area contributed by atoms with E-state index in [4.69, 9.17) is 0 Å². The van der Waals surface area contributed by atoms with Crippen molar-refractivity contribution in [1.82, 2.24) is 30.6 Å². The van der Waals surface area contributed by atoms with E-state index in [0.717, 1.165) is 11.0 Å². The van der Waals surface area contributed by atoms with Crippen LogP contribution in [0.25, 0.3) is 11.0 Å². The van der Waals surface area contributed by atoms with E-state index < -0.39 is 0 Å². The Balaban J connectivity index is 1.48. The van der Waals surface area contributed by atoms with E-state index in [-0.39, 0.29) is 36.5 Å². The zero-order valence-electron chi connectivity index (χ0n) is 13.7. The number of aromatic amines is 1. The summed E-state index contributed by atoms with van der Waals surface area (Å²) in [5.41, 5.74) is 2.00. The zero-order chi connectivity index (χ0) is 17.6. The van der Waals surface area contributed by atoms with Crippen LogP contribution in [0.3, 0.4) is 0 Å². The average molecular weight is 338 g/mol. The molecule has 2 heterocycles. The summed E-state index contributed by atoms with van der Waals surface area (Å²) in [5, 5.41) is 5.50. The lowest BCUT2D eigenvalue weighted by Gasteiger charge is -2.11. The summed E-state index contributed by atoms with van der Waals surface area (Å²) in [6, 6.07) is 7.42. The van der Waals surface area contributed by atoms with Crippen LogP contribution in [-0.2, 0) is 4.79 Å². The molecule has 0 unspecified atom stereocenters. The van der Waals surface area contributed by atoms with E-state index >= 15 is 0 Å². The minimum absolute atomic E-state index is 0.163. The highest BCUT2D eigenvalue weighted by Crippen LogP contribution is 2.15. The number of nitrogens with zero attached hydrogens (tertiary/aromatic N) is 3. The lowest BCUT2D eigenvalue weighted by molar-refractivity contribution is -0.121. The molecular formula is C17H18N6O2. The van der Waals surface area contributed by atoms with Crippen molar-refractivity contribution in [2.75, 3.05) is 6.54 Å². The van der Waals surface area contributed by atoms with Crippen LogP contribution in [-0.4, -0.2) is 38.3 Å². The molecule has 0 aliphatic carbocycles. The van der Waals surface area contributed by atoms with Gasteiger partial charge in [-0.1, -0.05) is 12.1 Å². The van der Waals surface area contributed by atoms with Gasteiger partial charge >= 0.3 is 0 Å². The number of aromatic nitrogens is 4. The first-order chi connectivity index (χ1) is 12.1. The first-order valence-corrected chi connectivity index (χ1v) is 7.91. The van der Waals surface area contributed by atoms with Crippen molar-refractivity contribution in [2.24, 2.45) is 0 Å². The number of amides is 2. The number of carbonyl (C=O) groups excluding carboxylic acids is 2. The Morgan fingerprint density at radius 1 is 1.24 bits per heavy atom. The number of imidazole rings is 1. The summed E-state index contributed by atoms with van der Waals surface area (Å²) in [7, 11) is 0. The topological polar surface area (TPSA) is 113 Å². The second kappa shape index (κ2) is 7.52. The average Bonchev–Trinajstić information content (AvgIpc) is 3.06. The Morgan fingerprint density at radius 2 is 2.08 bits per heavy atom. The summed E-state index contributed by atoms with van der Waals surface area (Å²) < 4.78 is 0. The van der Waals surface area contributed by atoms with E-state index in [0.29, 0.717) is 5.82 Å². The highest BCUT2D eigenvalue weighted by Gasteiger charge is 2.14. The first-order valence-electron chi connectivity index (χ1n) is 7.91. The van der Waals surface area contributed by atoms with Gasteiger partial charge in [0.1, 0.15) is 11.5 Å². The van der Waals surface area contributed by atoms with E-state index in [9.17, 15) is 9.59 Å². The van der Waals surface area contributed by atoms with Crippen LogP contribution in [0, 0.1) is 0 Å². The van der Waals surface area contributed by atoms with Gasteiger partial charge in [-0.3, -0.25) is 14.6 Å². The molecule has 0 saturated heterocycles. The van der Waals surface area contributed by atoms with Crippen LogP contribution >= 0.6 is 0 Å². The van der Waals surface area contributed by atoms with Gasteiger partial charge in [0.05, 0.1) is 23.3 Å². The summed E-state index contributed by atoms with van der Waals surface area (Å²) in [6.07, 6.45) is 4.47. The quantitative estimate of drug-likeness (QED) is 0.628. The van der Waals surface area contributed by atoms with Crippen molar-refractivity contribution in [2.45, 2.75) is 19.4 Å². The molecule has 0 aliphatic rings. The van der Waals surface area contributed by atoms with Gasteiger partial charge in [-0.15, -0.1) is 0 Å². The van der Waals surface area contributed by atoms with Gasteiger partial charge in [0.2, 0.25) is 5.91 Å². The van der Waals surface area contributed by atoms with Gasteiger partial charge in [-0.05, 0) is 19.1 Å². The summed E-state index contributed by atoms with van der Waals surface area (Å²) in [6.45, 7) is 2.07. The SMILES string of the molecule is C[C@@H](NC(=O)CCNC(=O)c1cnccn1)c1nc2ccccc2[nH]1. The molecule has 128 valence electrons. The molecule has 0 aliphatic heterocycles. The Hall–Kier alpha value is -3.29. The molecule has 8 heteroatoms. The number of H-pyrrole nitrogens is 1. The number of hydrogen-bond donors (Lipinski definition) is 3. The molecule has 3 rings (SSSR count). The zero-order valence-corrected chi connectivity index (χ0v) is 13.7. The fourth-order valence-corrected chi connectivity index (χ4v) is 2.36. The second-order valence-corrected chi connectivity index (χ2v) is 5.52. The van der Waals surface area contributed by atoms with Gasteiger partial charge in [-0.2, -0.15) is 0 Å². The van der Waals surface area contributed by atoms with Crippen LogP contribution in [0.5, 0.6) is 0 Å². The maximum atomic E-state index is 12.0. The van der Waals surface area contributed by atoms with Crippen molar-refractivity contribution < 1.29 is 9.59 Å². The van der Waals surface area contributed by atoms with Gasteiger partial charge in [0, 0.05) is 25.4 Å². The molecule has 8 nitrogen and oxygen atoms in total. The first kappa shape index (κ1) is 16.6. The van der Waals surface area contributed by atoms with Crippen molar-refractivity contribution >= 4 is 22.8 Å². The monoisotopic (exact) mass is 338 g/mol. The number of para-hydroxylation sites is 2. The standard InChI is InChI=1S/C17H18N6O2/c1-11(16-22-12-4-2-3-5-13(12)23-16)21-15(24)6-7-20-17(25)14-10-18-8-9-19-14/h2-5,8-11H,6-7H2,1H3,(H,20,25)(H,21,24)(H,22,23)/t11-/m1/s1. The minimum Gasteiger partial charge on any atom is -0.350 e. The molecule has 0 saturated carbocycles. The smallest absolute Gasteiger partial charge is 0.271 e. The molecule has 0 bridgehead atoms. The predicted octanol–water partition coefficient (Wildman–Crippen LogP) is 1.35. The Morgan fingerprint density at radius 3 is 2.84 bits per heavy atom. The maximum Gasteiger partial charge on any atom is 0.271 e. The Bertz CT molecular complexity index is 844.